The lowest BCUT2D eigenvalue weighted by Crippen LogP contribution is -2.50. The van der Waals surface area contributed by atoms with Gasteiger partial charge in [0.1, 0.15) is 5.70 Å². The van der Waals surface area contributed by atoms with Crippen molar-refractivity contribution in [2.75, 3.05) is 13.1 Å². The van der Waals surface area contributed by atoms with Gasteiger partial charge in [-0.2, -0.15) is 0 Å². The minimum absolute atomic E-state index is 0.0440. The first-order valence-electron chi connectivity index (χ1n) is 10.9. The third kappa shape index (κ3) is 2.17. The molecule has 1 aromatic carbocycles. The Labute approximate surface area is 175 Å². The third-order valence-corrected chi connectivity index (χ3v) is 7.49. The van der Waals surface area contributed by atoms with Gasteiger partial charge in [0.2, 0.25) is 11.7 Å². The summed E-state index contributed by atoms with van der Waals surface area (Å²) in [5, 5.41) is 1.31. The van der Waals surface area contributed by atoms with Gasteiger partial charge in [-0.15, -0.1) is 0 Å². The van der Waals surface area contributed by atoms with E-state index in [1.54, 1.807) is 6.92 Å². The lowest BCUT2D eigenvalue weighted by atomic mass is 9.66. The fraction of sp³-hybridized carbons (Fsp3) is 0.417. The number of oxazole rings is 1. The van der Waals surface area contributed by atoms with Crippen molar-refractivity contribution in [1.29, 1.82) is 0 Å². The van der Waals surface area contributed by atoms with Crippen molar-refractivity contribution in [3.8, 4) is 0 Å². The number of carbonyl (C=O) groups excluding carboxylic acids is 1. The molecule has 30 heavy (non-hydrogen) atoms. The van der Waals surface area contributed by atoms with E-state index in [1.807, 2.05) is 0 Å². The van der Waals surface area contributed by atoms with Crippen LogP contribution in [0.15, 0.2) is 34.8 Å². The molecule has 0 aliphatic carbocycles. The van der Waals surface area contributed by atoms with Crippen LogP contribution in [0.5, 0.6) is 0 Å². The van der Waals surface area contributed by atoms with Gasteiger partial charge in [0, 0.05) is 23.0 Å². The predicted octanol–water partition coefficient (Wildman–Crippen LogP) is 4.03. The van der Waals surface area contributed by atoms with Gasteiger partial charge in [-0.05, 0) is 56.9 Å². The largest absolute Gasteiger partial charge is 0.429 e. The molecule has 3 aliphatic rings. The fourth-order valence-corrected chi connectivity index (χ4v) is 6.17. The normalized spacial score (nSPS) is 25.3. The van der Waals surface area contributed by atoms with E-state index in [0.717, 1.165) is 38.0 Å². The van der Waals surface area contributed by atoms with Crippen LogP contribution in [0.2, 0.25) is 0 Å². The number of hydrogen-bond donors (Lipinski definition) is 1. The number of primary amides is 1. The maximum Gasteiger partial charge on any atom is 0.286 e. The van der Waals surface area contributed by atoms with Crippen LogP contribution >= 0.6 is 0 Å². The number of rotatable bonds is 3. The van der Waals surface area contributed by atoms with Crippen molar-refractivity contribution in [2.24, 2.45) is 11.1 Å². The SMILES string of the molecule is CC[C@@]12C=C(c3nc(C)c(C(N)=O)o3)n3c4c(c5ccccc53)CCN(CCC1)[C@H]42. The molecule has 1 fully saturated rings. The summed E-state index contributed by atoms with van der Waals surface area (Å²) >= 11 is 0. The number of nitrogens with two attached hydrogens (primary N) is 1. The number of amides is 1. The summed E-state index contributed by atoms with van der Waals surface area (Å²) in [5.41, 5.74) is 11.1. The molecule has 0 unspecified atom stereocenters. The Morgan fingerprint density at radius 3 is 2.93 bits per heavy atom. The van der Waals surface area contributed by atoms with E-state index in [9.17, 15) is 4.79 Å². The molecule has 2 aromatic heterocycles. The minimum Gasteiger partial charge on any atom is -0.429 e. The molecule has 154 valence electrons. The summed E-state index contributed by atoms with van der Waals surface area (Å²) < 4.78 is 8.30. The highest BCUT2D eigenvalue weighted by molar-refractivity contribution is 5.93. The summed E-state index contributed by atoms with van der Waals surface area (Å²) in [6.45, 7) is 6.33. The topological polar surface area (TPSA) is 77.3 Å². The molecule has 0 bridgehead atoms. The minimum atomic E-state index is -0.575. The Hall–Kier alpha value is -2.86. The predicted molar refractivity (Wildman–Crippen MR) is 115 cm³/mol. The Morgan fingerprint density at radius 1 is 1.33 bits per heavy atom. The van der Waals surface area contributed by atoms with Crippen LogP contribution in [-0.2, 0) is 6.42 Å². The summed E-state index contributed by atoms with van der Waals surface area (Å²) in [6, 6.07) is 9.00. The van der Waals surface area contributed by atoms with Gasteiger partial charge in [0.05, 0.1) is 17.3 Å². The van der Waals surface area contributed by atoms with Crippen LogP contribution in [0.4, 0.5) is 0 Å². The van der Waals surface area contributed by atoms with E-state index >= 15 is 0 Å². The Balaban J connectivity index is 1.70. The Morgan fingerprint density at radius 2 is 2.17 bits per heavy atom. The number of fused-ring (bicyclic) bond motifs is 3. The van der Waals surface area contributed by atoms with Gasteiger partial charge in [0.25, 0.3) is 5.91 Å². The van der Waals surface area contributed by atoms with Crippen molar-refractivity contribution < 1.29 is 9.21 Å². The van der Waals surface area contributed by atoms with Crippen molar-refractivity contribution >= 4 is 22.5 Å². The van der Waals surface area contributed by atoms with Crippen molar-refractivity contribution in [2.45, 2.75) is 45.6 Å². The molecule has 6 nitrogen and oxygen atoms in total. The standard InChI is InChI=1S/C24H26N4O2/c1-3-24-10-6-11-27-12-9-16-15-7-4-5-8-17(15)28(19(16)21(24)27)18(13-24)23-26-14(2)20(30-23)22(25)29/h4-5,7-8,13,21H,3,6,9-12H2,1-2H3,(H2,25,29)/t21-,24+/m1/s1. The van der Waals surface area contributed by atoms with Crippen LogP contribution in [0.25, 0.3) is 16.6 Å². The zero-order valence-electron chi connectivity index (χ0n) is 17.4. The Kier molecular flexibility index (Phi) is 3.64. The van der Waals surface area contributed by atoms with Crippen molar-refractivity contribution in [3.05, 3.63) is 58.9 Å². The number of para-hydroxylation sites is 1. The quantitative estimate of drug-likeness (QED) is 0.718. The lowest BCUT2D eigenvalue weighted by molar-refractivity contribution is 0.0269. The number of hydrogen-bond acceptors (Lipinski definition) is 4. The third-order valence-electron chi connectivity index (χ3n) is 7.49. The van der Waals surface area contributed by atoms with E-state index in [1.165, 1.54) is 28.6 Å². The van der Waals surface area contributed by atoms with Gasteiger partial charge in [-0.25, -0.2) is 4.98 Å². The fourth-order valence-electron chi connectivity index (χ4n) is 6.17. The first kappa shape index (κ1) is 18.0. The maximum absolute atomic E-state index is 11.8. The van der Waals surface area contributed by atoms with Crippen molar-refractivity contribution in [3.63, 3.8) is 0 Å². The molecule has 1 saturated heterocycles. The molecule has 1 amide bonds. The second-order valence-corrected chi connectivity index (χ2v) is 8.92. The molecule has 6 heteroatoms. The van der Waals surface area contributed by atoms with Gasteiger partial charge in [-0.3, -0.25) is 9.69 Å². The van der Waals surface area contributed by atoms with Crippen LogP contribution in [-0.4, -0.2) is 33.4 Å². The summed E-state index contributed by atoms with van der Waals surface area (Å²) in [5.74, 6) is 0.0574. The summed E-state index contributed by atoms with van der Waals surface area (Å²) in [4.78, 5) is 19.1. The average molecular weight is 402 g/mol. The summed E-state index contributed by atoms with van der Waals surface area (Å²) in [7, 11) is 0. The van der Waals surface area contributed by atoms with Crippen LogP contribution in [0, 0.1) is 12.3 Å². The van der Waals surface area contributed by atoms with E-state index in [4.69, 9.17) is 10.2 Å². The van der Waals surface area contributed by atoms with Gasteiger partial charge >= 0.3 is 0 Å². The van der Waals surface area contributed by atoms with E-state index < -0.39 is 5.91 Å². The Bertz CT molecular complexity index is 1230. The number of benzene rings is 1. The van der Waals surface area contributed by atoms with Crippen molar-refractivity contribution in [1.82, 2.24) is 14.5 Å². The molecule has 0 radical (unpaired) electrons. The first-order valence-corrected chi connectivity index (χ1v) is 10.9. The highest BCUT2D eigenvalue weighted by Crippen LogP contribution is 2.57. The number of aryl methyl sites for hydroxylation is 1. The number of piperidine rings is 1. The second-order valence-electron chi connectivity index (χ2n) is 8.92. The van der Waals surface area contributed by atoms with Gasteiger partial charge < -0.3 is 14.7 Å². The first-order chi connectivity index (χ1) is 14.5. The van der Waals surface area contributed by atoms with E-state index in [2.05, 4.69) is 51.7 Å². The molecular formula is C24H26N4O2. The van der Waals surface area contributed by atoms with E-state index in [-0.39, 0.29) is 11.2 Å². The molecule has 3 aliphatic heterocycles. The molecule has 3 aromatic rings. The smallest absolute Gasteiger partial charge is 0.286 e. The lowest BCUT2D eigenvalue weighted by Gasteiger charge is -2.53. The monoisotopic (exact) mass is 402 g/mol. The number of nitrogens with zero attached hydrogens (tertiary/aromatic N) is 3. The summed E-state index contributed by atoms with van der Waals surface area (Å²) in [6.07, 6.45) is 6.84. The average Bonchev–Trinajstić information content (AvgIpc) is 3.31. The molecule has 2 N–H and O–H groups in total. The highest BCUT2D eigenvalue weighted by Gasteiger charge is 2.50. The maximum atomic E-state index is 11.8. The van der Waals surface area contributed by atoms with Crippen LogP contribution < -0.4 is 5.73 Å². The van der Waals surface area contributed by atoms with Crippen LogP contribution in [0.1, 0.15) is 65.6 Å². The van der Waals surface area contributed by atoms with Crippen LogP contribution in [0.3, 0.4) is 0 Å². The second kappa shape index (κ2) is 6.08. The highest BCUT2D eigenvalue weighted by atomic mass is 16.4. The molecule has 6 rings (SSSR count). The molecule has 0 spiro atoms. The van der Waals surface area contributed by atoms with Gasteiger partial charge in [-0.1, -0.05) is 25.1 Å². The molecule has 5 heterocycles. The molecule has 0 saturated carbocycles. The number of aromatic nitrogens is 2. The molecule has 2 atom stereocenters. The zero-order chi connectivity index (χ0) is 20.6. The molecular weight excluding hydrogens is 376 g/mol. The zero-order valence-corrected chi connectivity index (χ0v) is 17.4. The number of carbonyl (C=O) groups is 1. The van der Waals surface area contributed by atoms with Gasteiger partial charge in [0.15, 0.2) is 0 Å². The van der Waals surface area contributed by atoms with E-state index in [0.29, 0.717) is 17.6 Å².